The summed E-state index contributed by atoms with van der Waals surface area (Å²) in [5.41, 5.74) is 1.34. The summed E-state index contributed by atoms with van der Waals surface area (Å²) >= 11 is 7.89. The van der Waals surface area contributed by atoms with Gasteiger partial charge in [-0.15, -0.1) is 11.3 Å². The average Bonchev–Trinajstić information content (AvgIpc) is 3.01. The van der Waals surface area contributed by atoms with Crippen LogP contribution in [0.15, 0.2) is 54.6 Å². The molecule has 1 amide bonds. The number of carbonyl (C=O) groups is 1. The fourth-order valence-electron chi connectivity index (χ4n) is 3.49. The number of nitrogens with one attached hydrogen (secondary N) is 1. The van der Waals surface area contributed by atoms with Gasteiger partial charge in [-0.3, -0.25) is 9.69 Å². The van der Waals surface area contributed by atoms with Crippen LogP contribution in [0.1, 0.15) is 28.1 Å². The number of hydrogen-bond acceptors (Lipinski definition) is 3. The Morgan fingerprint density at radius 1 is 1.08 bits per heavy atom. The number of piperidine rings is 1. The first kappa shape index (κ1) is 17.5. The molecule has 5 heteroatoms. The van der Waals surface area contributed by atoms with Crippen molar-refractivity contribution in [2.45, 2.75) is 25.4 Å². The van der Waals surface area contributed by atoms with E-state index in [4.69, 9.17) is 11.6 Å². The summed E-state index contributed by atoms with van der Waals surface area (Å²) in [5.74, 6) is -0.0438. The Bertz CT molecular complexity index is 901. The zero-order valence-corrected chi connectivity index (χ0v) is 16.0. The summed E-state index contributed by atoms with van der Waals surface area (Å²) in [5, 5.41) is 4.72. The van der Waals surface area contributed by atoms with Crippen molar-refractivity contribution in [3.05, 3.63) is 70.1 Å². The van der Waals surface area contributed by atoms with Gasteiger partial charge >= 0.3 is 0 Å². The first-order chi connectivity index (χ1) is 12.7. The van der Waals surface area contributed by atoms with Gasteiger partial charge in [-0.1, -0.05) is 60.1 Å². The van der Waals surface area contributed by atoms with Crippen molar-refractivity contribution < 1.29 is 4.79 Å². The summed E-state index contributed by atoms with van der Waals surface area (Å²) in [6.45, 7) is 2.98. The highest BCUT2D eigenvalue weighted by Gasteiger charge is 2.23. The van der Waals surface area contributed by atoms with E-state index in [0.717, 1.165) is 42.6 Å². The van der Waals surface area contributed by atoms with E-state index in [1.54, 1.807) is 0 Å². The smallest absolute Gasteiger partial charge is 0.263 e. The van der Waals surface area contributed by atoms with E-state index in [1.165, 1.54) is 16.9 Å². The Balaban J connectivity index is 1.35. The first-order valence-electron chi connectivity index (χ1n) is 8.95. The minimum absolute atomic E-state index is 0.0438. The van der Waals surface area contributed by atoms with E-state index in [1.807, 2.05) is 30.3 Å². The first-order valence-corrected chi connectivity index (χ1v) is 10.1. The van der Waals surface area contributed by atoms with Crippen LogP contribution in [0.25, 0.3) is 10.1 Å². The second-order valence-electron chi connectivity index (χ2n) is 6.75. The van der Waals surface area contributed by atoms with Crippen molar-refractivity contribution in [1.82, 2.24) is 10.2 Å². The molecule has 26 heavy (non-hydrogen) atoms. The van der Waals surface area contributed by atoms with Crippen molar-refractivity contribution >= 4 is 38.9 Å². The van der Waals surface area contributed by atoms with Crippen molar-refractivity contribution in [3.63, 3.8) is 0 Å². The van der Waals surface area contributed by atoms with Gasteiger partial charge < -0.3 is 5.32 Å². The predicted octanol–water partition coefficient (Wildman–Crippen LogP) is 4.95. The average molecular weight is 385 g/mol. The fourth-order valence-corrected chi connectivity index (χ4v) is 4.91. The molecule has 3 nitrogen and oxygen atoms in total. The van der Waals surface area contributed by atoms with Crippen LogP contribution in [-0.2, 0) is 6.54 Å². The molecule has 0 aliphatic carbocycles. The highest BCUT2D eigenvalue weighted by atomic mass is 35.5. The van der Waals surface area contributed by atoms with Gasteiger partial charge in [0, 0.05) is 35.8 Å². The van der Waals surface area contributed by atoms with Crippen LogP contribution in [0.4, 0.5) is 0 Å². The third-order valence-electron chi connectivity index (χ3n) is 4.91. The maximum Gasteiger partial charge on any atom is 0.263 e. The summed E-state index contributed by atoms with van der Waals surface area (Å²) in [7, 11) is 0. The second-order valence-corrected chi connectivity index (χ2v) is 8.18. The summed E-state index contributed by atoms with van der Waals surface area (Å²) in [4.78, 5) is 15.8. The molecule has 0 atom stereocenters. The minimum Gasteiger partial charge on any atom is -0.348 e. The number of likely N-dealkylation sites (tertiary alicyclic amines) is 1. The number of hydrogen-bond donors (Lipinski definition) is 1. The maximum absolute atomic E-state index is 12.7. The van der Waals surface area contributed by atoms with Crippen molar-refractivity contribution in [1.29, 1.82) is 0 Å². The molecule has 2 aromatic carbocycles. The van der Waals surface area contributed by atoms with Crippen LogP contribution in [-0.4, -0.2) is 29.9 Å². The van der Waals surface area contributed by atoms with E-state index >= 15 is 0 Å². The molecule has 0 radical (unpaired) electrons. The molecule has 1 fully saturated rings. The number of halogens is 1. The molecular formula is C21H21ClN2OS. The number of carbonyl (C=O) groups excluding carboxylic acids is 1. The van der Waals surface area contributed by atoms with E-state index < -0.39 is 0 Å². The number of rotatable bonds is 4. The van der Waals surface area contributed by atoms with Crippen molar-refractivity contribution in [2.75, 3.05) is 13.1 Å². The normalized spacial score (nSPS) is 16.0. The van der Waals surface area contributed by atoms with Gasteiger partial charge in [0.25, 0.3) is 5.91 Å². The summed E-state index contributed by atoms with van der Waals surface area (Å²) in [6, 6.07) is 18.6. The maximum atomic E-state index is 12.7. The van der Waals surface area contributed by atoms with E-state index in [-0.39, 0.29) is 11.9 Å². The zero-order valence-electron chi connectivity index (χ0n) is 14.5. The Labute approximate surface area is 162 Å². The quantitative estimate of drug-likeness (QED) is 0.690. The number of amides is 1. The predicted molar refractivity (Wildman–Crippen MR) is 109 cm³/mol. The van der Waals surface area contributed by atoms with Crippen LogP contribution in [0, 0.1) is 0 Å². The number of nitrogens with zero attached hydrogens (tertiary/aromatic N) is 1. The van der Waals surface area contributed by atoms with Crippen LogP contribution < -0.4 is 5.32 Å². The Kier molecular flexibility index (Phi) is 5.25. The molecule has 1 aliphatic rings. The minimum atomic E-state index is -0.0438. The number of benzene rings is 2. The van der Waals surface area contributed by atoms with Gasteiger partial charge in [0.15, 0.2) is 0 Å². The molecule has 0 unspecified atom stereocenters. The largest absolute Gasteiger partial charge is 0.348 e. The number of fused-ring (bicyclic) bond motifs is 1. The molecule has 0 bridgehead atoms. The molecule has 134 valence electrons. The highest BCUT2D eigenvalue weighted by Crippen LogP contribution is 2.35. The molecule has 4 rings (SSSR count). The molecule has 1 N–H and O–H groups in total. The van der Waals surface area contributed by atoms with Crippen LogP contribution in [0.2, 0.25) is 5.02 Å². The lowest BCUT2D eigenvalue weighted by atomic mass is 10.0. The molecular weight excluding hydrogens is 364 g/mol. The summed E-state index contributed by atoms with van der Waals surface area (Å²) in [6.07, 6.45) is 1.95. The van der Waals surface area contributed by atoms with Gasteiger partial charge in [-0.05, 0) is 24.5 Å². The molecule has 0 saturated carbocycles. The van der Waals surface area contributed by atoms with Crippen molar-refractivity contribution in [3.8, 4) is 0 Å². The van der Waals surface area contributed by atoms with Gasteiger partial charge in [-0.25, -0.2) is 0 Å². The Morgan fingerprint density at radius 2 is 1.77 bits per heavy atom. The van der Waals surface area contributed by atoms with E-state index in [2.05, 4.69) is 34.5 Å². The van der Waals surface area contributed by atoms with Crippen LogP contribution >= 0.6 is 22.9 Å². The monoisotopic (exact) mass is 384 g/mol. The van der Waals surface area contributed by atoms with Crippen LogP contribution in [0.5, 0.6) is 0 Å². The van der Waals surface area contributed by atoms with Crippen molar-refractivity contribution in [2.24, 2.45) is 0 Å². The van der Waals surface area contributed by atoms with E-state index in [0.29, 0.717) is 9.90 Å². The SMILES string of the molecule is O=C(NC1CCN(Cc2ccccc2)CC1)c1sc2ccccc2c1Cl. The lowest BCUT2D eigenvalue weighted by Crippen LogP contribution is -2.44. The number of thiophene rings is 1. The van der Waals surface area contributed by atoms with Crippen LogP contribution in [0.3, 0.4) is 0 Å². The van der Waals surface area contributed by atoms with Gasteiger partial charge in [0.2, 0.25) is 0 Å². The zero-order chi connectivity index (χ0) is 17.9. The van der Waals surface area contributed by atoms with Gasteiger partial charge in [-0.2, -0.15) is 0 Å². The third kappa shape index (κ3) is 3.78. The van der Waals surface area contributed by atoms with Gasteiger partial charge in [0.05, 0.1) is 5.02 Å². The third-order valence-corrected chi connectivity index (χ3v) is 6.59. The van der Waals surface area contributed by atoms with Gasteiger partial charge in [0.1, 0.15) is 4.88 Å². The fraction of sp³-hybridized carbons (Fsp3) is 0.286. The highest BCUT2D eigenvalue weighted by molar-refractivity contribution is 7.21. The molecule has 1 saturated heterocycles. The molecule has 3 aromatic rings. The molecule has 0 spiro atoms. The lowest BCUT2D eigenvalue weighted by Gasteiger charge is -2.32. The molecule has 1 aliphatic heterocycles. The summed E-state index contributed by atoms with van der Waals surface area (Å²) < 4.78 is 1.06. The molecule has 2 heterocycles. The standard InChI is InChI=1S/C21H21ClN2OS/c22-19-17-8-4-5-9-18(17)26-20(19)21(25)23-16-10-12-24(13-11-16)14-15-6-2-1-3-7-15/h1-9,16H,10-14H2,(H,23,25). The Morgan fingerprint density at radius 3 is 2.50 bits per heavy atom. The molecule has 1 aromatic heterocycles. The topological polar surface area (TPSA) is 32.3 Å². The second kappa shape index (κ2) is 7.78. The lowest BCUT2D eigenvalue weighted by molar-refractivity contribution is 0.0913. The van der Waals surface area contributed by atoms with E-state index in [9.17, 15) is 4.79 Å². The Hall–Kier alpha value is -1.88.